The van der Waals surface area contributed by atoms with Gasteiger partial charge in [-0.15, -0.1) is 0 Å². The van der Waals surface area contributed by atoms with Crippen molar-refractivity contribution in [2.45, 2.75) is 51.6 Å². The van der Waals surface area contributed by atoms with E-state index in [-0.39, 0.29) is 10.9 Å². The number of hydrogen-bond donors (Lipinski definition) is 2. The zero-order valence-corrected chi connectivity index (χ0v) is 15.1. The van der Waals surface area contributed by atoms with Crippen molar-refractivity contribution in [1.82, 2.24) is 10.0 Å². The van der Waals surface area contributed by atoms with Gasteiger partial charge in [0.1, 0.15) is 16.4 Å². The van der Waals surface area contributed by atoms with Crippen molar-refractivity contribution in [3.05, 3.63) is 17.1 Å². The van der Waals surface area contributed by atoms with Crippen molar-refractivity contribution < 1.29 is 12.8 Å². The van der Waals surface area contributed by atoms with E-state index in [1.807, 2.05) is 13.2 Å². The first-order valence-electron chi connectivity index (χ1n) is 7.14. The van der Waals surface area contributed by atoms with Crippen LogP contribution in [0.15, 0.2) is 9.31 Å². The average molecular weight is 335 g/mol. The van der Waals surface area contributed by atoms with Gasteiger partial charge in [-0.25, -0.2) is 13.1 Å². The molecule has 0 spiro atoms. The largest absolute Gasteiger partial charge is 0.465 e. The predicted molar refractivity (Wildman–Crippen MR) is 88.3 cm³/mol. The van der Waals surface area contributed by atoms with Gasteiger partial charge < -0.3 is 9.73 Å². The zero-order chi connectivity index (χ0) is 16.0. The number of aryl methyl sites for hydroxylation is 2. The molecule has 1 aromatic rings. The standard InChI is InChI=1S/C14H26N2O3S2/c1-6-7-15-8-13-11(3)19-12(4)14(13)21(17,18)16-10(2)9-20-5/h10,15-16H,6-9H2,1-5H3. The molecule has 1 unspecified atom stereocenters. The van der Waals surface area contributed by atoms with E-state index < -0.39 is 10.0 Å². The minimum atomic E-state index is -3.56. The van der Waals surface area contributed by atoms with Crippen LogP contribution in [-0.4, -0.2) is 33.0 Å². The van der Waals surface area contributed by atoms with Crippen molar-refractivity contribution >= 4 is 21.8 Å². The predicted octanol–water partition coefficient (Wildman–Crippen LogP) is 2.43. The van der Waals surface area contributed by atoms with Crippen molar-refractivity contribution in [3.63, 3.8) is 0 Å². The second-order valence-corrected chi connectivity index (χ2v) is 7.74. The van der Waals surface area contributed by atoms with E-state index in [4.69, 9.17) is 4.42 Å². The van der Waals surface area contributed by atoms with Gasteiger partial charge in [-0.05, 0) is 40.0 Å². The Morgan fingerprint density at radius 3 is 2.52 bits per heavy atom. The number of thioether (sulfide) groups is 1. The molecule has 1 heterocycles. The Hall–Kier alpha value is -0.500. The minimum absolute atomic E-state index is 0.115. The van der Waals surface area contributed by atoms with Gasteiger partial charge in [0.2, 0.25) is 10.0 Å². The Labute approximate surface area is 132 Å². The molecule has 0 radical (unpaired) electrons. The lowest BCUT2D eigenvalue weighted by molar-refractivity contribution is 0.492. The first kappa shape index (κ1) is 18.5. The maximum absolute atomic E-state index is 12.6. The fourth-order valence-electron chi connectivity index (χ4n) is 2.26. The Morgan fingerprint density at radius 1 is 1.29 bits per heavy atom. The maximum atomic E-state index is 12.6. The number of rotatable bonds is 9. The fourth-order valence-corrected chi connectivity index (χ4v) is 4.64. The molecular formula is C14H26N2O3S2. The second-order valence-electron chi connectivity index (χ2n) is 5.18. The molecule has 1 atom stereocenters. The highest BCUT2D eigenvalue weighted by atomic mass is 32.2. The molecule has 0 amide bonds. The summed E-state index contributed by atoms with van der Waals surface area (Å²) in [6, 6.07) is -0.115. The SMILES string of the molecule is CCCNCc1c(C)oc(C)c1S(=O)(=O)NC(C)CSC. The molecular weight excluding hydrogens is 308 g/mol. The van der Waals surface area contributed by atoms with Gasteiger partial charge in [-0.2, -0.15) is 11.8 Å². The van der Waals surface area contributed by atoms with E-state index in [0.717, 1.165) is 24.3 Å². The van der Waals surface area contributed by atoms with Gasteiger partial charge in [0.25, 0.3) is 0 Å². The molecule has 0 aliphatic rings. The van der Waals surface area contributed by atoms with Gasteiger partial charge in [0.05, 0.1) is 0 Å². The van der Waals surface area contributed by atoms with Crippen LogP contribution in [0.5, 0.6) is 0 Å². The van der Waals surface area contributed by atoms with E-state index in [2.05, 4.69) is 17.0 Å². The van der Waals surface area contributed by atoms with Gasteiger partial charge in [-0.1, -0.05) is 6.92 Å². The number of furan rings is 1. The molecule has 1 rings (SSSR count). The third kappa shape index (κ3) is 5.02. The average Bonchev–Trinajstić information content (AvgIpc) is 2.64. The summed E-state index contributed by atoms with van der Waals surface area (Å²) in [7, 11) is -3.56. The Morgan fingerprint density at radius 2 is 1.95 bits per heavy atom. The molecule has 5 nitrogen and oxygen atoms in total. The Kier molecular flexibility index (Phi) is 7.26. The summed E-state index contributed by atoms with van der Waals surface area (Å²) >= 11 is 1.61. The summed E-state index contributed by atoms with van der Waals surface area (Å²) in [4.78, 5) is 0.288. The topological polar surface area (TPSA) is 71.3 Å². The molecule has 21 heavy (non-hydrogen) atoms. The maximum Gasteiger partial charge on any atom is 0.244 e. The van der Waals surface area contributed by atoms with Gasteiger partial charge in [0.15, 0.2) is 0 Å². The molecule has 7 heteroatoms. The highest BCUT2D eigenvalue weighted by molar-refractivity contribution is 7.98. The minimum Gasteiger partial charge on any atom is -0.465 e. The summed E-state index contributed by atoms with van der Waals surface area (Å²) in [6.45, 7) is 8.79. The molecule has 0 fully saturated rings. The molecule has 0 aliphatic carbocycles. The fraction of sp³-hybridized carbons (Fsp3) is 0.714. The lowest BCUT2D eigenvalue weighted by Crippen LogP contribution is -2.35. The number of sulfonamides is 1. The molecule has 122 valence electrons. The molecule has 1 aromatic heterocycles. The zero-order valence-electron chi connectivity index (χ0n) is 13.4. The van der Waals surface area contributed by atoms with E-state index in [9.17, 15) is 8.42 Å². The normalized spacial score (nSPS) is 13.6. The number of hydrogen-bond acceptors (Lipinski definition) is 5. The third-order valence-corrected chi connectivity index (χ3v) is 5.71. The highest BCUT2D eigenvalue weighted by Crippen LogP contribution is 2.26. The van der Waals surface area contributed by atoms with E-state index in [0.29, 0.717) is 18.1 Å². The third-order valence-electron chi connectivity index (χ3n) is 3.10. The quantitative estimate of drug-likeness (QED) is 0.679. The van der Waals surface area contributed by atoms with Gasteiger partial charge in [-0.3, -0.25) is 0 Å². The van der Waals surface area contributed by atoms with Crippen LogP contribution in [0, 0.1) is 13.8 Å². The van der Waals surface area contributed by atoms with Crippen LogP contribution in [0.4, 0.5) is 0 Å². The van der Waals surface area contributed by atoms with Crippen LogP contribution in [0.1, 0.15) is 37.4 Å². The smallest absolute Gasteiger partial charge is 0.244 e. The van der Waals surface area contributed by atoms with E-state index in [1.165, 1.54) is 0 Å². The van der Waals surface area contributed by atoms with Crippen LogP contribution in [-0.2, 0) is 16.6 Å². The van der Waals surface area contributed by atoms with Crippen LogP contribution >= 0.6 is 11.8 Å². The molecule has 0 aromatic carbocycles. The van der Waals surface area contributed by atoms with E-state index in [1.54, 1.807) is 25.6 Å². The molecule has 0 saturated carbocycles. The molecule has 0 saturated heterocycles. The van der Waals surface area contributed by atoms with Crippen LogP contribution in [0.2, 0.25) is 0 Å². The summed E-state index contributed by atoms with van der Waals surface area (Å²) < 4.78 is 33.5. The lowest BCUT2D eigenvalue weighted by Gasteiger charge is -2.14. The molecule has 0 aliphatic heterocycles. The van der Waals surface area contributed by atoms with Crippen molar-refractivity contribution in [2.24, 2.45) is 0 Å². The lowest BCUT2D eigenvalue weighted by atomic mass is 10.2. The van der Waals surface area contributed by atoms with Gasteiger partial charge >= 0.3 is 0 Å². The Balaban J connectivity index is 3.04. The Bertz CT molecular complexity index is 553. The summed E-state index contributed by atoms with van der Waals surface area (Å²) in [6.07, 6.45) is 2.96. The van der Waals surface area contributed by atoms with E-state index >= 15 is 0 Å². The first-order chi connectivity index (χ1) is 9.83. The van der Waals surface area contributed by atoms with Crippen LogP contribution in [0.3, 0.4) is 0 Å². The molecule has 0 bridgehead atoms. The second kappa shape index (κ2) is 8.22. The highest BCUT2D eigenvalue weighted by Gasteiger charge is 2.27. The first-order valence-corrected chi connectivity index (χ1v) is 10.0. The van der Waals surface area contributed by atoms with Crippen molar-refractivity contribution in [2.75, 3.05) is 18.6 Å². The summed E-state index contributed by atoms with van der Waals surface area (Å²) in [5, 5.41) is 3.24. The number of nitrogens with one attached hydrogen (secondary N) is 2. The summed E-state index contributed by atoms with van der Waals surface area (Å²) in [5.74, 6) is 1.84. The van der Waals surface area contributed by atoms with Crippen molar-refractivity contribution in [3.8, 4) is 0 Å². The van der Waals surface area contributed by atoms with Crippen LogP contribution in [0.25, 0.3) is 0 Å². The van der Waals surface area contributed by atoms with Gasteiger partial charge in [0, 0.05) is 23.9 Å². The molecule has 2 N–H and O–H groups in total. The monoisotopic (exact) mass is 334 g/mol. The van der Waals surface area contributed by atoms with Crippen molar-refractivity contribution in [1.29, 1.82) is 0 Å². The summed E-state index contributed by atoms with van der Waals surface area (Å²) in [5.41, 5.74) is 0.727. The van der Waals surface area contributed by atoms with Crippen LogP contribution < -0.4 is 10.0 Å².